The van der Waals surface area contributed by atoms with Crippen LogP contribution in [0.4, 0.5) is 5.69 Å². The van der Waals surface area contributed by atoms with E-state index in [4.69, 9.17) is 23.2 Å². The van der Waals surface area contributed by atoms with Crippen LogP contribution in [0.5, 0.6) is 0 Å². The Morgan fingerprint density at radius 1 is 1.03 bits per heavy atom. The summed E-state index contributed by atoms with van der Waals surface area (Å²) >= 11 is 14.7. The van der Waals surface area contributed by atoms with Crippen molar-refractivity contribution in [2.45, 2.75) is 4.90 Å². The average molecular weight is 675 g/mol. The molecule has 0 radical (unpaired) electrons. The van der Waals surface area contributed by atoms with Gasteiger partial charge in [0.25, 0.3) is 15.9 Å². The van der Waals surface area contributed by atoms with Crippen molar-refractivity contribution in [1.82, 2.24) is 14.1 Å². The summed E-state index contributed by atoms with van der Waals surface area (Å²) in [6.45, 7) is 0. The number of aliphatic carboxylic acids is 1. The van der Waals surface area contributed by atoms with Crippen molar-refractivity contribution in [1.29, 1.82) is 0 Å². The van der Waals surface area contributed by atoms with Gasteiger partial charge in [-0.05, 0) is 76.7 Å². The fraction of sp³-hybridized carbons (Fsp3) is 0. The number of halogens is 3. The molecule has 14 heteroatoms. The summed E-state index contributed by atoms with van der Waals surface area (Å²) in [5.41, 5.74) is 0.411. The highest BCUT2D eigenvalue weighted by Gasteiger charge is 2.24. The molecular formula is C22H13Cl2IN4O5S2. The molecule has 0 spiro atoms. The molecule has 9 nitrogen and oxygen atoms in total. The van der Waals surface area contributed by atoms with Crippen molar-refractivity contribution >= 4 is 102 Å². The number of carbonyl (C=O) groups excluding carboxylic acids is 1. The predicted molar refractivity (Wildman–Crippen MR) is 147 cm³/mol. The van der Waals surface area contributed by atoms with E-state index < -0.39 is 27.6 Å². The maximum atomic E-state index is 13.2. The number of carboxylic acids is 1. The highest BCUT2D eigenvalue weighted by atomic mass is 127. The zero-order valence-corrected chi connectivity index (χ0v) is 23.0. The Kier molecular flexibility index (Phi) is 7.80. The zero-order chi connectivity index (χ0) is 26.0. The smallest absolute Gasteiger partial charge is 0.352 e. The highest BCUT2D eigenvalue weighted by Crippen LogP contribution is 2.27. The molecular weight excluding hydrogens is 662 g/mol. The van der Waals surface area contributed by atoms with Crippen LogP contribution in [0.15, 0.2) is 65.2 Å². The van der Waals surface area contributed by atoms with E-state index in [0.717, 1.165) is 11.7 Å². The maximum Gasteiger partial charge on any atom is 0.352 e. The van der Waals surface area contributed by atoms with Gasteiger partial charge in [0.1, 0.15) is 21.6 Å². The van der Waals surface area contributed by atoms with Crippen LogP contribution in [0.25, 0.3) is 17.1 Å². The first kappa shape index (κ1) is 26.3. The Morgan fingerprint density at radius 2 is 1.81 bits per heavy atom. The lowest BCUT2D eigenvalue weighted by Crippen LogP contribution is -2.28. The molecule has 3 aromatic carbocycles. The lowest BCUT2D eigenvalue weighted by atomic mass is 10.1. The normalized spacial score (nSPS) is 11.9. The quantitative estimate of drug-likeness (QED) is 0.180. The molecule has 1 amide bonds. The molecule has 184 valence electrons. The molecule has 4 rings (SSSR count). The van der Waals surface area contributed by atoms with Gasteiger partial charge < -0.3 is 10.4 Å². The molecule has 0 aliphatic rings. The number of nitrogens with one attached hydrogen (secondary N) is 2. The molecule has 0 bridgehead atoms. The molecule has 0 saturated carbocycles. The monoisotopic (exact) mass is 674 g/mol. The predicted octanol–water partition coefficient (Wildman–Crippen LogP) is 5.26. The van der Waals surface area contributed by atoms with Crippen LogP contribution >= 0.6 is 57.5 Å². The van der Waals surface area contributed by atoms with Gasteiger partial charge in [0.2, 0.25) is 0 Å². The summed E-state index contributed by atoms with van der Waals surface area (Å²) in [4.78, 5) is 24.8. The van der Waals surface area contributed by atoms with Crippen LogP contribution in [0.2, 0.25) is 10.0 Å². The summed E-state index contributed by atoms with van der Waals surface area (Å²) in [7, 11) is -4.17. The van der Waals surface area contributed by atoms with Gasteiger partial charge in [-0.15, -0.1) is 0 Å². The second-order valence-electron chi connectivity index (χ2n) is 7.17. The van der Waals surface area contributed by atoms with Crippen molar-refractivity contribution in [2.75, 3.05) is 4.72 Å². The number of fused-ring (bicyclic) bond motifs is 1. The van der Waals surface area contributed by atoms with E-state index in [-0.39, 0.29) is 31.7 Å². The number of sulfonamides is 1. The number of anilines is 1. The lowest BCUT2D eigenvalue weighted by molar-refractivity contribution is -0.132. The van der Waals surface area contributed by atoms with Gasteiger partial charge in [0.15, 0.2) is 0 Å². The number of benzene rings is 3. The van der Waals surface area contributed by atoms with E-state index >= 15 is 0 Å². The van der Waals surface area contributed by atoms with Crippen LogP contribution < -0.4 is 10.0 Å². The summed E-state index contributed by atoms with van der Waals surface area (Å²) in [5.74, 6) is -2.25. The topological polar surface area (TPSA) is 138 Å². The minimum Gasteiger partial charge on any atom is -0.477 e. The first-order chi connectivity index (χ1) is 17.0. The molecule has 0 atom stereocenters. The SMILES string of the molecule is O=C(O)C(=Cc1ccc(Cl)c(Cl)c1)NC(=O)c1ccc(I)cc1NS(=O)(=O)c1cccc2nsnc12. The Bertz CT molecular complexity index is 1660. The lowest BCUT2D eigenvalue weighted by Gasteiger charge is -2.14. The number of amides is 1. The number of hydrogen-bond acceptors (Lipinski definition) is 7. The van der Waals surface area contributed by atoms with Crippen molar-refractivity contribution in [2.24, 2.45) is 0 Å². The van der Waals surface area contributed by atoms with E-state index in [2.05, 4.69) is 18.8 Å². The Labute approximate surface area is 232 Å². The zero-order valence-electron chi connectivity index (χ0n) is 17.7. The average Bonchev–Trinajstić information content (AvgIpc) is 3.29. The second kappa shape index (κ2) is 10.7. The van der Waals surface area contributed by atoms with E-state index in [9.17, 15) is 23.1 Å². The van der Waals surface area contributed by atoms with Gasteiger partial charge in [-0.3, -0.25) is 9.52 Å². The minimum absolute atomic E-state index is 0.0427. The van der Waals surface area contributed by atoms with Crippen LogP contribution in [0.3, 0.4) is 0 Å². The van der Waals surface area contributed by atoms with Crippen molar-refractivity contribution < 1.29 is 23.1 Å². The third kappa shape index (κ3) is 5.78. The molecule has 0 unspecified atom stereocenters. The first-order valence-electron chi connectivity index (χ1n) is 9.80. The Balaban J connectivity index is 1.68. The number of nitrogens with zero attached hydrogens (tertiary/aromatic N) is 2. The van der Waals surface area contributed by atoms with Crippen molar-refractivity contribution in [3.8, 4) is 0 Å². The standard InChI is InChI=1S/C22H13Cl2IN4O5S2/c23-14-7-4-11(8-15(14)24)9-18(22(31)32)26-21(30)13-6-5-12(25)10-17(13)29-36(33,34)19-3-1-2-16-20(19)28-35-27-16/h1-10,29H,(H,26,30)(H,31,32). The molecule has 0 saturated heterocycles. The minimum atomic E-state index is -4.17. The van der Waals surface area contributed by atoms with E-state index in [1.807, 2.05) is 22.6 Å². The molecule has 3 N–H and O–H groups in total. The third-order valence-corrected chi connectivity index (χ3v) is 8.09. The number of aromatic nitrogens is 2. The van der Waals surface area contributed by atoms with Crippen molar-refractivity contribution in [3.05, 3.63) is 85.0 Å². The van der Waals surface area contributed by atoms with Gasteiger partial charge in [-0.25, -0.2) is 13.2 Å². The third-order valence-electron chi connectivity index (χ3n) is 4.74. The number of carboxylic acid groups (broad SMARTS) is 1. The first-order valence-corrected chi connectivity index (χ1v) is 13.8. The summed E-state index contributed by atoms with van der Waals surface area (Å²) in [5, 5.41) is 12.4. The van der Waals surface area contributed by atoms with Gasteiger partial charge in [0, 0.05) is 3.57 Å². The molecule has 1 heterocycles. The van der Waals surface area contributed by atoms with Crippen LogP contribution in [-0.4, -0.2) is 34.1 Å². The number of hydrogen-bond donors (Lipinski definition) is 3. The van der Waals surface area contributed by atoms with Crippen LogP contribution in [0, 0.1) is 3.57 Å². The number of rotatable bonds is 7. The summed E-state index contributed by atoms with van der Waals surface area (Å²) in [6.07, 6.45) is 1.20. The molecule has 0 fully saturated rings. The number of carbonyl (C=O) groups is 2. The van der Waals surface area contributed by atoms with Gasteiger partial charge in [0.05, 0.1) is 33.0 Å². The molecule has 0 aliphatic heterocycles. The van der Waals surface area contributed by atoms with Gasteiger partial charge >= 0.3 is 5.97 Å². The van der Waals surface area contributed by atoms with E-state index in [1.54, 1.807) is 12.1 Å². The highest BCUT2D eigenvalue weighted by molar-refractivity contribution is 14.1. The van der Waals surface area contributed by atoms with E-state index in [1.165, 1.54) is 48.5 Å². The fourth-order valence-electron chi connectivity index (χ4n) is 3.11. The summed E-state index contributed by atoms with van der Waals surface area (Å²) < 4.78 is 37.5. The maximum absolute atomic E-state index is 13.2. The largest absolute Gasteiger partial charge is 0.477 e. The molecule has 4 aromatic rings. The Morgan fingerprint density at radius 3 is 2.53 bits per heavy atom. The molecule has 36 heavy (non-hydrogen) atoms. The van der Waals surface area contributed by atoms with Gasteiger partial charge in [-0.2, -0.15) is 8.75 Å². The molecule has 0 aliphatic carbocycles. The van der Waals surface area contributed by atoms with Gasteiger partial charge in [-0.1, -0.05) is 35.3 Å². The fourth-order valence-corrected chi connectivity index (χ4v) is 5.74. The summed E-state index contributed by atoms with van der Waals surface area (Å²) in [6, 6.07) is 13.4. The van der Waals surface area contributed by atoms with Crippen LogP contribution in [-0.2, 0) is 14.8 Å². The second-order valence-corrected chi connectivity index (χ2v) is 11.4. The van der Waals surface area contributed by atoms with Crippen LogP contribution in [0.1, 0.15) is 15.9 Å². The van der Waals surface area contributed by atoms with E-state index in [0.29, 0.717) is 14.7 Å². The Hall–Kier alpha value is -2.78. The molecule has 1 aromatic heterocycles. The van der Waals surface area contributed by atoms with Crippen molar-refractivity contribution in [3.63, 3.8) is 0 Å².